The van der Waals surface area contributed by atoms with Crippen LogP contribution in [0.3, 0.4) is 0 Å². The lowest BCUT2D eigenvalue weighted by atomic mass is 9.97. The van der Waals surface area contributed by atoms with Crippen LogP contribution < -0.4 is 5.32 Å². The van der Waals surface area contributed by atoms with Crippen molar-refractivity contribution >= 4 is 11.8 Å². The fraction of sp³-hybridized carbons (Fsp3) is 1.00. The summed E-state index contributed by atoms with van der Waals surface area (Å²) in [6.45, 7) is 12.1. The van der Waals surface area contributed by atoms with Crippen molar-refractivity contribution in [1.29, 1.82) is 0 Å². The van der Waals surface area contributed by atoms with Crippen molar-refractivity contribution < 1.29 is 5.11 Å². The third-order valence-electron chi connectivity index (χ3n) is 2.79. The molecule has 0 aromatic carbocycles. The summed E-state index contributed by atoms with van der Waals surface area (Å²) in [6.07, 6.45) is 2.31. The number of aliphatic hydroxyl groups is 1. The van der Waals surface area contributed by atoms with Gasteiger partial charge in [-0.3, -0.25) is 0 Å². The Morgan fingerprint density at radius 1 is 1.31 bits per heavy atom. The molecule has 3 heteroatoms. The molecule has 0 aliphatic carbocycles. The van der Waals surface area contributed by atoms with Crippen molar-refractivity contribution in [3.05, 3.63) is 0 Å². The van der Waals surface area contributed by atoms with Gasteiger partial charge in [0.25, 0.3) is 0 Å². The molecule has 2 atom stereocenters. The first kappa shape index (κ1) is 16.3. The summed E-state index contributed by atoms with van der Waals surface area (Å²) in [5.74, 6) is 2.02. The number of rotatable bonds is 9. The van der Waals surface area contributed by atoms with Crippen LogP contribution in [0.1, 0.15) is 47.5 Å². The van der Waals surface area contributed by atoms with Crippen LogP contribution in [0.5, 0.6) is 0 Å². The zero-order valence-corrected chi connectivity index (χ0v) is 12.4. The Morgan fingerprint density at radius 3 is 2.38 bits per heavy atom. The minimum Gasteiger partial charge on any atom is -0.394 e. The first-order valence-corrected chi connectivity index (χ1v) is 7.46. The zero-order valence-electron chi connectivity index (χ0n) is 11.5. The van der Waals surface area contributed by atoms with Crippen molar-refractivity contribution in [2.75, 3.05) is 18.9 Å². The highest BCUT2D eigenvalue weighted by atomic mass is 32.2. The standard InChI is InChI=1S/C13H29NOS/c1-6-14-13(5,10-15)9-12(4)16-8-7-11(2)3/h11-12,14-15H,6-10H2,1-5H3. The van der Waals surface area contributed by atoms with Crippen LogP contribution in [0.25, 0.3) is 0 Å². The number of nitrogens with one attached hydrogen (secondary N) is 1. The molecule has 2 nitrogen and oxygen atoms in total. The zero-order chi connectivity index (χ0) is 12.6. The molecule has 0 radical (unpaired) electrons. The molecule has 2 N–H and O–H groups in total. The average molecular weight is 247 g/mol. The van der Waals surface area contributed by atoms with Crippen molar-refractivity contribution in [1.82, 2.24) is 5.32 Å². The van der Waals surface area contributed by atoms with E-state index in [4.69, 9.17) is 0 Å². The Balaban J connectivity index is 3.86. The highest BCUT2D eigenvalue weighted by Crippen LogP contribution is 2.23. The van der Waals surface area contributed by atoms with E-state index in [1.807, 2.05) is 11.8 Å². The van der Waals surface area contributed by atoms with Crippen LogP contribution in [-0.2, 0) is 0 Å². The first-order chi connectivity index (χ1) is 7.43. The number of aliphatic hydroxyl groups excluding tert-OH is 1. The fourth-order valence-electron chi connectivity index (χ4n) is 1.82. The molecule has 0 aromatic heterocycles. The summed E-state index contributed by atoms with van der Waals surface area (Å²) in [5, 5.41) is 13.4. The van der Waals surface area contributed by atoms with E-state index >= 15 is 0 Å². The van der Waals surface area contributed by atoms with E-state index in [9.17, 15) is 5.11 Å². The second kappa shape index (κ2) is 8.37. The quantitative estimate of drug-likeness (QED) is 0.657. The molecule has 0 heterocycles. The van der Waals surface area contributed by atoms with Gasteiger partial charge >= 0.3 is 0 Å². The van der Waals surface area contributed by atoms with E-state index < -0.39 is 0 Å². The second-order valence-electron chi connectivity index (χ2n) is 5.32. The van der Waals surface area contributed by atoms with E-state index in [-0.39, 0.29) is 12.1 Å². The molecule has 0 saturated carbocycles. The molecular formula is C13H29NOS. The summed E-state index contributed by atoms with van der Waals surface area (Å²) in [6, 6.07) is 0. The molecule has 0 aromatic rings. The molecule has 0 aliphatic rings. The monoisotopic (exact) mass is 247 g/mol. The summed E-state index contributed by atoms with van der Waals surface area (Å²) in [4.78, 5) is 0. The third-order valence-corrected chi connectivity index (χ3v) is 4.00. The van der Waals surface area contributed by atoms with Gasteiger partial charge < -0.3 is 10.4 Å². The largest absolute Gasteiger partial charge is 0.394 e. The van der Waals surface area contributed by atoms with E-state index in [0.717, 1.165) is 18.9 Å². The molecule has 0 rings (SSSR count). The van der Waals surface area contributed by atoms with Gasteiger partial charge in [0.1, 0.15) is 0 Å². The third kappa shape index (κ3) is 7.53. The fourth-order valence-corrected chi connectivity index (χ4v) is 3.31. The SMILES string of the molecule is CCNC(C)(CO)CC(C)SCCC(C)C. The molecule has 98 valence electrons. The van der Waals surface area contributed by atoms with Gasteiger partial charge in [0.15, 0.2) is 0 Å². The molecular weight excluding hydrogens is 218 g/mol. The van der Waals surface area contributed by atoms with E-state index in [1.165, 1.54) is 12.2 Å². The van der Waals surface area contributed by atoms with Crippen LogP contribution in [0.4, 0.5) is 0 Å². The van der Waals surface area contributed by atoms with Crippen LogP contribution in [-0.4, -0.2) is 34.8 Å². The minimum atomic E-state index is -0.112. The summed E-state index contributed by atoms with van der Waals surface area (Å²) in [5.41, 5.74) is -0.112. The van der Waals surface area contributed by atoms with Crippen molar-refractivity contribution in [2.45, 2.75) is 58.2 Å². The van der Waals surface area contributed by atoms with Gasteiger partial charge in [-0.05, 0) is 38.0 Å². The van der Waals surface area contributed by atoms with E-state index in [0.29, 0.717) is 5.25 Å². The highest BCUT2D eigenvalue weighted by molar-refractivity contribution is 7.99. The molecule has 16 heavy (non-hydrogen) atoms. The molecule has 0 spiro atoms. The van der Waals surface area contributed by atoms with Crippen LogP contribution in [0, 0.1) is 5.92 Å². The molecule has 0 bridgehead atoms. The minimum absolute atomic E-state index is 0.112. The van der Waals surface area contributed by atoms with E-state index in [1.54, 1.807) is 0 Å². The number of thioether (sulfide) groups is 1. The normalized spacial score (nSPS) is 17.4. The Morgan fingerprint density at radius 2 is 1.94 bits per heavy atom. The predicted octanol–water partition coefficient (Wildman–Crippen LogP) is 2.90. The summed E-state index contributed by atoms with van der Waals surface area (Å²) in [7, 11) is 0. The first-order valence-electron chi connectivity index (χ1n) is 6.41. The smallest absolute Gasteiger partial charge is 0.0611 e. The topological polar surface area (TPSA) is 32.3 Å². The molecule has 0 amide bonds. The Kier molecular flexibility index (Phi) is 8.52. The van der Waals surface area contributed by atoms with Gasteiger partial charge in [0, 0.05) is 10.8 Å². The van der Waals surface area contributed by atoms with Gasteiger partial charge in [-0.25, -0.2) is 0 Å². The molecule has 0 saturated heterocycles. The molecule has 2 unspecified atom stereocenters. The van der Waals surface area contributed by atoms with Crippen molar-refractivity contribution in [3.8, 4) is 0 Å². The number of hydrogen-bond donors (Lipinski definition) is 2. The van der Waals surface area contributed by atoms with Crippen LogP contribution in [0.2, 0.25) is 0 Å². The van der Waals surface area contributed by atoms with Crippen molar-refractivity contribution in [2.24, 2.45) is 5.92 Å². The van der Waals surface area contributed by atoms with Crippen LogP contribution in [0.15, 0.2) is 0 Å². The summed E-state index contributed by atoms with van der Waals surface area (Å²) >= 11 is 2.02. The predicted molar refractivity (Wildman–Crippen MR) is 75.2 cm³/mol. The lowest BCUT2D eigenvalue weighted by molar-refractivity contribution is 0.168. The van der Waals surface area contributed by atoms with E-state index in [2.05, 4.69) is 39.9 Å². The molecule has 0 fully saturated rings. The number of hydrogen-bond acceptors (Lipinski definition) is 3. The Hall–Kier alpha value is 0.270. The second-order valence-corrected chi connectivity index (χ2v) is 6.86. The Bertz CT molecular complexity index is 175. The van der Waals surface area contributed by atoms with Gasteiger partial charge in [-0.1, -0.05) is 27.7 Å². The maximum Gasteiger partial charge on any atom is 0.0611 e. The number of likely N-dealkylation sites (N-methyl/N-ethyl adjacent to an activating group) is 1. The maximum atomic E-state index is 9.41. The lowest BCUT2D eigenvalue weighted by Gasteiger charge is -2.31. The maximum absolute atomic E-state index is 9.41. The highest BCUT2D eigenvalue weighted by Gasteiger charge is 2.24. The van der Waals surface area contributed by atoms with Gasteiger partial charge in [-0.2, -0.15) is 11.8 Å². The molecule has 0 aliphatic heterocycles. The van der Waals surface area contributed by atoms with Gasteiger partial charge in [0.2, 0.25) is 0 Å². The van der Waals surface area contributed by atoms with Gasteiger partial charge in [0.05, 0.1) is 6.61 Å². The lowest BCUT2D eigenvalue weighted by Crippen LogP contribution is -2.47. The van der Waals surface area contributed by atoms with Gasteiger partial charge in [-0.15, -0.1) is 0 Å². The average Bonchev–Trinajstić information content (AvgIpc) is 2.17. The summed E-state index contributed by atoms with van der Waals surface area (Å²) < 4.78 is 0. The van der Waals surface area contributed by atoms with Crippen molar-refractivity contribution in [3.63, 3.8) is 0 Å². The van der Waals surface area contributed by atoms with Crippen LogP contribution >= 0.6 is 11.8 Å². The Labute approximate surface area is 106 Å².